The van der Waals surface area contributed by atoms with Crippen LogP contribution in [0.1, 0.15) is 58.9 Å². The molecular formula is C22H39N5O2S. The molecule has 2 rings (SSSR count). The van der Waals surface area contributed by atoms with Crippen LogP contribution in [0.4, 0.5) is 0 Å². The molecule has 0 aromatic heterocycles. The Morgan fingerprint density at radius 2 is 1.93 bits per heavy atom. The Morgan fingerprint density at radius 3 is 2.60 bits per heavy atom. The molecule has 0 radical (unpaired) electrons. The Balaban J connectivity index is 1.88. The van der Waals surface area contributed by atoms with Crippen LogP contribution in [0.25, 0.3) is 0 Å². The quantitative estimate of drug-likeness (QED) is 0.331. The zero-order valence-corrected chi connectivity index (χ0v) is 20.0. The number of nitrogens with zero attached hydrogens (tertiary/aromatic N) is 2. The van der Waals surface area contributed by atoms with Crippen molar-refractivity contribution >= 4 is 16.0 Å². The number of guanidine groups is 1. The van der Waals surface area contributed by atoms with Crippen LogP contribution in [0.15, 0.2) is 34.2 Å². The van der Waals surface area contributed by atoms with Crippen molar-refractivity contribution in [3.05, 3.63) is 29.8 Å². The molecule has 0 amide bonds. The fraction of sp³-hybridized carbons (Fsp3) is 0.682. The number of likely N-dealkylation sites (tertiary alicyclic amines) is 1. The highest BCUT2D eigenvalue weighted by molar-refractivity contribution is 7.89. The third-order valence-corrected chi connectivity index (χ3v) is 7.09. The summed E-state index contributed by atoms with van der Waals surface area (Å²) in [6.45, 7) is 11.3. The first-order chi connectivity index (χ1) is 14.1. The highest BCUT2D eigenvalue weighted by Crippen LogP contribution is 2.18. The van der Waals surface area contributed by atoms with Gasteiger partial charge >= 0.3 is 0 Å². The molecule has 0 saturated carbocycles. The van der Waals surface area contributed by atoms with Gasteiger partial charge in [-0.2, -0.15) is 0 Å². The van der Waals surface area contributed by atoms with Gasteiger partial charge in [0.15, 0.2) is 5.96 Å². The molecule has 8 heteroatoms. The van der Waals surface area contributed by atoms with E-state index in [9.17, 15) is 8.42 Å². The Labute approximate surface area is 182 Å². The number of hydrogen-bond acceptors (Lipinski definition) is 4. The second kappa shape index (κ2) is 11.1. The molecule has 3 N–H and O–H groups in total. The standard InChI is InChI=1S/C22H39N5O2S/c1-18-11-8-9-15-27(18)16-10-14-24-21(23-5)25-17-19-12-6-7-13-20(19)30(28,29)26-22(2,3)4/h6-7,12-13,18,26H,8-11,14-17H2,1-5H3,(H2,23,24,25). The lowest BCUT2D eigenvalue weighted by Crippen LogP contribution is -2.42. The molecule has 0 aliphatic carbocycles. The molecule has 170 valence electrons. The van der Waals surface area contributed by atoms with E-state index in [1.807, 2.05) is 32.9 Å². The zero-order chi connectivity index (χ0) is 22.2. The minimum atomic E-state index is -3.60. The van der Waals surface area contributed by atoms with Crippen molar-refractivity contribution in [3.63, 3.8) is 0 Å². The van der Waals surface area contributed by atoms with Gasteiger partial charge in [-0.05, 0) is 65.1 Å². The lowest BCUT2D eigenvalue weighted by molar-refractivity contribution is 0.159. The van der Waals surface area contributed by atoms with Crippen LogP contribution in [0.5, 0.6) is 0 Å². The molecule has 1 atom stereocenters. The summed E-state index contributed by atoms with van der Waals surface area (Å²) in [7, 11) is -1.87. The van der Waals surface area contributed by atoms with Crippen LogP contribution in [-0.2, 0) is 16.6 Å². The van der Waals surface area contributed by atoms with Gasteiger partial charge in [-0.3, -0.25) is 4.99 Å². The lowest BCUT2D eigenvalue weighted by Gasteiger charge is -2.33. The van der Waals surface area contributed by atoms with E-state index in [0.717, 1.165) is 19.5 Å². The van der Waals surface area contributed by atoms with Crippen LogP contribution >= 0.6 is 0 Å². The van der Waals surface area contributed by atoms with Crippen molar-refractivity contribution in [1.29, 1.82) is 0 Å². The van der Waals surface area contributed by atoms with Gasteiger partial charge in [-0.25, -0.2) is 13.1 Å². The molecule has 7 nitrogen and oxygen atoms in total. The molecule has 30 heavy (non-hydrogen) atoms. The largest absolute Gasteiger partial charge is 0.356 e. The molecule has 0 spiro atoms. The van der Waals surface area contributed by atoms with E-state index in [1.165, 1.54) is 25.8 Å². The number of aliphatic imine (C=N–C) groups is 1. The molecule has 1 fully saturated rings. The SMILES string of the molecule is CN=C(NCCCN1CCCCC1C)NCc1ccccc1S(=O)(=O)NC(C)(C)C. The van der Waals surface area contributed by atoms with E-state index in [2.05, 4.69) is 32.2 Å². The van der Waals surface area contributed by atoms with Gasteiger partial charge in [0.05, 0.1) is 4.90 Å². The monoisotopic (exact) mass is 437 g/mol. The molecule has 1 aromatic carbocycles. The maximum absolute atomic E-state index is 12.8. The van der Waals surface area contributed by atoms with Gasteiger partial charge in [-0.1, -0.05) is 24.6 Å². The van der Waals surface area contributed by atoms with E-state index >= 15 is 0 Å². The number of hydrogen-bond donors (Lipinski definition) is 3. The van der Waals surface area contributed by atoms with E-state index < -0.39 is 15.6 Å². The maximum atomic E-state index is 12.8. The number of nitrogens with one attached hydrogen (secondary N) is 3. The first-order valence-corrected chi connectivity index (χ1v) is 12.4. The van der Waals surface area contributed by atoms with Crippen LogP contribution < -0.4 is 15.4 Å². The van der Waals surface area contributed by atoms with Gasteiger partial charge in [0.25, 0.3) is 0 Å². The third kappa shape index (κ3) is 7.89. The van der Waals surface area contributed by atoms with Crippen molar-refractivity contribution < 1.29 is 8.42 Å². The minimum Gasteiger partial charge on any atom is -0.356 e. The van der Waals surface area contributed by atoms with E-state index in [1.54, 1.807) is 19.2 Å². The minimum absolute atomic E-state index is 0.293. The average molecular weight is 438 g/mol. The van der Waals surface area contributed by atoms with E-state index in [0.29, 0.717) is 29.0 Å². The summed E-state index contributed by atoms with van der Waals surface area (Å²) in [6, 6.07) is 7.74. The van der Waals surface area contributed by atoms with Crippen LogP contribution in [-0.4, -0.2) is 57.5 Å². The molecule has 1 aliphatic heterocycles. The van der Waals surface area contributed by atoms with Crippen LogP contribution in [0.3, 0.4) is 0 Å². The number of benzene rings is 1. The first kappa shape index (κ1) is 24.6. The van der Waals surface area contributed by atoms with Gasteiger partial charge in [0.1, 0.15) is 0 Å². The van der Waals surface area contributed by atoms with Gasteiger partial charge in [-0.15, -0.1) is 0 Å². The molecule has 1 aromatic rings. The summed E-state index contributed by atoms with van der Waals surface area (Å²) in [5.74, 6) is 0.678. The van der Waals surface area contributed by atoms with Crippen molar-refractivity contribution in [2.75, 3.05) is 26.7 Å². The molecule has 1 heterocycles. The predicted octanol–water partition coefficient (Wildman–Crippen LogP) is 2.69. The van der Waals surface area contributed by atoms with Crippen molar-refractivity contribution in [3.8, 4) is 0 Å². The number of piperidine rings is 1. The summed E-state index contributed by atoms with van der Waals surface area (Å²) in [6.07, 6.45) is 4.98. The highest BCUT2D eigenvalue weighted by atomic mass is 32.2. The van der Waals surface area contributed by atoms with E-state index in [4.69, 9.17) is 0 Å². The topological polar surface area (TPSA) is 85.8 Å². The van der Waals surface area contributed by atoms with Crippen LogP contribution in [0, 0.1) is 0 Å². The molecule has 1 unspecified atom stereocenters. The Bertz CT molecular complexity index is 802. The van der Waals surface area contributed by atoms with Crippen molar-refractivity contribution in [1.82, 2.24) is 20.3 Å². The summed E-state index contributed by atoms with van der Waals surface area (Å²) in [4.78, 5) is 7.12. The zero-order valence-electron chi connectivity index (χ0n) is 19.2. The van der Waals surface area contributed by atoms with Gasteiger partial charge in [0.2, 0.25) is 10.0 Å². The molecule has 1 aliphatic rings. The van der Waals surface area contributed by atoms with Crippen LogP contribution in [0.2, 0.25) is 0 Å². The van der Waals surface area contributed by atoms with Crippen molar-refractivity contribution in [2.45, 2.75) is 76.4 Å². The Morgan fingerprint density at radius 1 is 1.20 bits per heavy atom. The normalized spacial score (nSPS) is 19.0. The third-order valence-electron chi connectivity index (χ3n) is 5.23. The summed E-state index contributed by atoms with van der Waals surface area (Å²) in [5, 5.41) is 6.58. The molecule has 0 bridgehead atoms. The lowest BCUT2D eigenvalue weighted by atomic mass is 10.0. The number of rotatable bonds is 8. The summed E-state index contributed by atoms with van der Waals surface area (Å²) < 4.78 is 28.3. The Hall–Kier alpha value is -1.64. The van der Waals surface area contributed by atoms with Gasteiger partial charge in [0, 0.05) is 38.3 Å². The fourth-order valence-electron chi connectivity index (χ4n) is 3.75. The fourth-order valence-corrected chi connectivity index (χ4v) is 5.41. The Kier molecular flexibility index (Phi) is 9.12. The summed E-state index contributed by atoms with van der Waals surface area (Å²) in [5.41, 5.74) is 0.169. The first-order valence-electron chi connectivity index (χ1n) is 10.9. The maximum Gasteiger partial charge on any atom is 0.241 e. The second-order valence-corrected chi connectivity index (χ2v) is 10.7. The van der Waals surface area contributed by atoms with Gasteiger partial charge < -0.3 is 15.5 Å². The summed E-state index contributed by atoms with van der Waals surface area (Å²) >= 11 is 0. The smallest absolute Gasteiger partial charge is 0.241 e. The molecular weight excluding hydrogens is 398 g/mol. The van der Waals surface area contributed by atoms with Crippen molar-refractivity contribution in [2.24, 2.45) is 4.99 Å². The average Bonchev–Trinajstić information content (AvgIpc) is 2.67. The molecule has 1 saturated heterocycles. The second-order valence-electron chi connectivity index (χ2n) is 9.05. The number of sulfonamides is 1. The predicted molar refractivity (Wildman–Crippen MR) is 124 cm³/mol. The highest BCUT2D eigenvalue weighted by Gasteiger charge is 2.24. The van der Waals surface area contributed by atoms with E-state index in [-0.39, 0.29) is 0 Å².